The molecule has 1 atom stereocenters. The highest BCUT2D eigenvalue weighted by Gasteiger charge is 2.00. The first kappa shape index (κ1) is 15.2. The molecule has 0 saturated carbocycles. The summed E-state index contributed by atoms with van der Waals surface area (Å²) in [5, 5.41) is 0. The minimum atomic E-state index is 0.265. The van der Waals surface area contributed by atoms with Gasteiger partial charge in [0.05, 0.1) is 0 Å². The van der Waals surface area contributed by atoms with Gasteiger partial charge in [-0.05, 0) is 38.3 Å². The van der Waals surface area contributed by atoms with Gasteiger partial charge in [0.2, 0.25) is 0 Å². The van der Waals surface area contributed by atoms with E-state index in [4.69, 9.17) is 11.5 Å². The van der Waals surface area contributed by atoms with Crippen LogP contribution in [0, 0.1) is 0 Å². The van der Waals surface area contributed by atoms with Crippen molar-refractivity contribution < 1.29 is 0 Å². The van der Waals surface area contributed by atoms with Crippen molar-refractivity contribution in [3.63, 3.8) is 0 Å². The highest BCUT2D eigenvalue weighted by molar-refractivity contribution is 7.80. The van der Waals surface area contributed by atoms with Gasteiger partial charge in [0, 0.05) is 29.3 Å². The number of hydrogen-bond acceptors (Lipinski definition) is 4. The lowest BCUT2D eigenvalue weighted by atomic mass is 10.1. The molecule has 4 N–H and O–H groups in total. The predicted molar refractivity (Wildman–Crippen MR) is 81.7 cm³/mol. The van der Waals surface area contributed by atoms with Gasteiger partial charge in [0.25, 0.3) is 0 Å². The molecule has 1 rings (SSSR count). The molecule has 0 saturated heterocycles. The van der Waals surface area contributed by atoms with Crippen LogP contribution in [0.3, 0.4) is 0 Å². The minimum Gasteiger partial charge on any atom is -0.330 e. The van der Waals surface area contributed by atoms with Crippen LogP contribution in [0.1, 0.15) is 31.2 Å². The smallest absolute Gasteiger partial charge is 0.0390 e. The molecule has 100 valence electrons. The topological polar surface area (TPSA) is 64.4 Å². The number of benzene rings is 1. The van der Waals surface area contributed by atoms with Gasteiger partial charge in [0.1, 0.15) is 0 Å². The molecule has 4 heteroatoms. The van der Waals surface area contributed by atoms with E-state index in [1.165, 1.54) is 0 Å². The van der Waals surface area contributed by atoms with Crippen LogP contribution >= 0.6 is 12.6 Å². The average molecular weight is 265 g/mol. The number of hydrogen-bond donors (Lipinski definition) is 3. The molecular formula is C14H23N3S. The van der Waals surface area contributed by atoms with E-state index in [0.717, 1.165) is 49.2 Å². The second-order valence-electron chi connectivity index (χ2n) is 4.43. The van der Waals surface area contributed by atoms with Crippen molar-refractivity contribution in [3.8, 4) is 0 Å². The molecule has 0 aliphatic carbocycles. The quantitative estimate of drug-likeness (QED) is 0.383. The summed E-state index contributed by atoms with van der Waals surface area (Å²) >= 11 is 4.37. The van der Waals surface area contributed by atoms with Crippen LogP contribution in [-0.4, -0.2) is 25.3 Å². The molecule has 1 aromatic carbocycles. The Morgan fingerprint density at radius 3 is 2.67 bits per heavy atom. The number of aliphatic imine (C=N–C) groups is 1. The monoisotopic (exact) mass is 265 g/mol. The zero-order valence-corrected chi connectivity index (χ0v) is 11.7. The highest BCUT2D eigenvalue weighted by Crippen LogP contribution is 2.10. The molecule has 0 bridgehead atoms. The van der Waals surface area contributed by atoms with Crippen LogP contribution in [0.4, 0.5) is 0 Å². The summed E-state index contributed by atoms with van der Waals surface area (Å²) in [6.07, 6.45) is 5.95. The number of nitrogens with zero attached hydrogens (tertiary/aromatic N) is 1. The van der Waals surface area contributed by atoms with Gasteiger partial charge in [-0.1, -0.05) is 18.2 Å². The van der Waals surface area contributed by atoms with Gasteiger partial charge in [-0.2, -0.15) is 0 Å². The maximum atomic E-state index is 5.96. The average Bonchev–Trinajstić information content (AvgIpc) is 2.38. The van der Waals surface area contributed by atoms with E-state index in [1.54, 1.807) is 0 Å². The van der Waals surface area contributed by atoms with Crippen molar-refractivity contribution in [1.29, 1.82) is 0 Å². The summed E-state index contributed by atoms with van der Waals surface area (Å²) in [4.78, 5) is 5.36. The summed E-state index contributed by atoms with van der Waals surface area (Å²) < 4.78 is 0. The van der Waals surface area contributed by atoms with E-state index in [1.807, 2.05) is 30.5 Å². The molecule has 0 aliphatic rings. The molecular weight excluding hydrogens is 242 g/mol. The van der Waals surface area contributed by atoms with Crippen LogP contribution in [-0.2, 0) is 0 Å². The fourth-order valence-electron chi connectivity index (χ4n) is 1.73. The second-order valence-corrected chi connectivity index (χ2v) is 4.91. The highest BCUT2D eigenvalue weighted by atomic mass is 32.1. The second kappa shape index (κ2) is 9.14. The van der Waals surface area contributed by atoms with E-state index in [-0.39, 0.29) is 6.04 Å². The van der Waals surface area contributed by atoms with Crippen molar-refractivity contribution in [2.24, 2.45) is 16.5 Å². The lowest BCUT2D eigenvalue weighted by Crippen LogP contribution is -2.21. The van der Waals surface area contributed by atoms with Gasteiger partial charge in [-0.25, -0.2) is 0 Å². The third kappa shape index (κ3) is 6.19. The first-order chi connectivity index (χ1) is 8.74. The summed E-state index contributed by atoms with van der Waals surface area (Å²) in [6, 6.07) is 8.20. The largest absolute Gasteiger partial charge is 0.330 e. The molecule has 0 aliphatic heterocycles. The Labute approximate surface area is 115 Å². The Morgan fingerprint density at radius 2 is 1.94 bits per heavy atom. The Morgan fingerprint density at radius 1 is 1.22 bits per heavy atom. The third-order valence-corrected chi connectivity index (χ3v) is 3.22. The first-order valence-electron chi connectivity index (χ1n) is 6.47. The normalized spacial score (nSPS) is 13.1. The molecule has 1 aromatic rings. The van der Waals surface area contributed by atoms with Crippen molar-refractivity contribution in [2.75, 3.05) is 13.1 Å². The molecule has 0 heterocycles. The van der Waals surface area contributed by atoms with E-state index in [0.29, 0.717) is 0 Å². The van der Waals surface area contributed by atoms with Gasteiger partial charge in [-0.3, -0.25) is 4.99 Å². The van der Waals surface area contributed by atoms with Crippen molar-refractivity contribution in [3.05, 3.63) is 29.8 Å². The van der Waals surface area contributed by atoms with E-state index < -0.39 is 0 Å². The minimum absolute atomic E-state index is 0.265. The summed E-state index contributed by atoms with van der Waals surface area (Å²) in [5.74, 6) is 0. The van der Waals surface area contributed by atoms with Gasteiger partial charge < -0.3 is 11.5 Å². The lowest BCUT2D eigenvalue weighted by molar-refractivity contribution is 0.535. The Hall–Kier alpha value is -0.840. The number of thiol groups is 1. The van der Waals surface area contributed by atoms with Crippen molar-refractivity contribution in [2.45, 2.75) is 36.6 Å². The van der Waals surface area contributed by atoms with Crippen LogP contribution < -0.4 is 11.5 Å². The van der Waals surface area contributed by atoms with Crippen LogP contribution in [0.2, 0.25) is 0 Å². The van der Waals surface area contributed by atoms with Crippen LogP contribution in [0.15, 0.2) is 34.2 Å². The molecule has 3 nitrogen and oxygen atoms in total. The van der Waals surface area contributed by atoms with E-state index in [9.17, 15) is 0 Å². The summed E-state index contributed by atoms with van der Waals surface area (Å²) in [7, 11) is 0. The molecule has 0 spiro atoms. The maximum Gasteiger partial charge on any atom is 0.0390 e. The van der Waals surface area contributed by atoms with Crippen molar-refractivity contribution >= 4 is 18.8 Å². The third-order valence-electron chi connectivity index (χ3n) is 2.81. The molecule has 0 radical (unpaired) electrons. The van der Waals surface area contributed by atoms with Gasteiger partial charge in [-0.15, -0.1) is 12.6 Å². The Balaban J connectivity index is 2.20. The number of rotatable bonds is 8. The van der Waals surface area contributed by atoms with Gasteiger partial charge >= 0.3 is 0 Å². The molecule has 0 amide bonds. The molecule has 0 fully saturated rings. The summed E-state index contributed by atoms with van der Waals surface area (Å²) in [6.45, 7) is 1.54. The lowest BCUT2D eigenvalue weighted by Gasteiger charge is -2.09. The van der Waals surface area contributed by atoms with Crippen molar-refractivity contribution in [1.82, 2.24) is 0 Å². The molecule has 1 unspecified atom stereocenters. The summed E-state index contributed by atoms with van der Waals surface area (Å²) in [5.41, 5.74) is 12.5. The maximum absolute atomic E-state index is 5.96. The standard InChI is InChI=1S/C14H23N3S/c15-9-3-6-13(16)7-4-10-17-11-12-5-1-2-8-14(12)18/h1-2,5,8,11,13,18H,3-4,6-7,9-10,15-16H2. The van der Waals surface area contributed by atoms with E-state index in [2.05, 4.69) is 17.6 Å². The van der Waals surface area contributed by atoms with Crippen LogP contribution in [0.25, 0.3) is 0 Å². The van der Waals surface area contributed by atoms with E-state index >= 15 is 0 Å². The molecule has 18 heavy (non-hydrogen) atoms. The fourth-order valence-corrected chi connectivity index (χ4v) is 1.95. The SMILES string of the molecule is NCCCC(N)CCCN=Cc1ccccc1S. The predicted octanol–water partition coefficient (Wildman–Crippen LogP) is 2.24. The van der Waals surface area contributed by atoms with Crippen LogP contribution in [0.5, 0.6) is 0 Å². The Kier molecular flexibility index (Phi) is 7.73. The zero-order valence-electron chi connectivity index (χ0n) is 10.8. The fraction of sp³-hybridized carbons (Fsp3) is 0.500. The number of nitrogens with two attached hydrogens (primary N) is 2. The first-order valence-corrected chi connectivity index (χ1v) is 6.92. The van der Waals surface area contributed by atoms with Gasteiger partial charge in [0.15, 0.2) is 0 Å². The molecule has 0 aromatic heterocycles. The Bertz CT molecular complexity index is 366. The zero-order chi connectivity index (χ0) is 13.2.